The molecule has 1 heterocycles. The molecule has 48 valence electrons. The maximum Gasteiger partial charge on any atom is 0.180 e. The lowest BCUT2D eigenvalue weighted by Gasteiger charge is -2.20. The zero-order valence-electron chi connectivity index (χ0n) is 4.61. The van der Waals surface area contributed by atoms with Crippen molar-refractivity contribution >= 4 is 0 Å². The Morgan fingerprint density at radius 2 is 2.12 bits per heavy atom. The maximum atomic E-state index is 12.1. The molecule has 0 N–H and O–H groups in total. The molecule has 1 unspecified atom stereocenters. The second-order valence-corrected chi connectivity index (χ2v) is 2.05. The van der Waals surface area contributed by atoms with E-state index in [1.54, 1.807) is 0 Å². The number of halogens is 2. The Kier molecular flexibility index (Phi) is 1.78. The third-order valence-electron chi connectivity index (χ3n) is 1.37. The van der Waals surface area contributed by atoms with Gasteiger partial charge in [0.1, 0.15) is 0 Å². The standard InChI is InChI=1S/C5H9F2N/c6-5-3-1-2-4-8(5)7/h5H,1-4H2. The van der Waals surface area contributed by atoms with E-state index in [1.165, 1.54) is 0 Å². The third-order valence-corrected chi connectivity index (χ3v) is 1.37. The van der Waals surface area contributed by atoms with Gasteiger partial charge in [0.15, 0.2) is 6.30 Å². The molecule has 1 atom stereocenters. The molecule has 1 rings (SSSR count). The van der Waals surface area contributed by atoms with Crippen LogP contribution in [0.5, 0.6) is 0 Å². The van der Waals surface area contributed by atoms with E-state index in [2.05, 4.69) is 0 Å². The summed E-state index contributed by atoms with van der Waals surface area (Å²) in [6, 6.07) is 0. The van der Waals surface area contributed by atoms with Crippen LogP contribution >= 0.6 is 0 Å². The molecule has 1 aliphatic rings. The van der Waals surface area contributed by atoms with Crippen LogP contribution in [0.25, 0.3) is 0 Å². The fraction of sp³-hybridized carbons (Fsp3) is 1.00. The van der Waals surface area contributed by atoms with Crippen molar-refractivity contribution < 1.29 is 8.87 Å². The number of hydrogen-bond donors (Lipinski definition) is 0. The van der Waals surface area contributed by atoms with Gasteiger partial charge in [0.2, 0.25) is 0 Å². The fourth-order valence-corrected chi connectivity index (χ4v) is 0.856. The van der Waals surface area contributed by atoms with E-state index < -0.39 is 6.30 Å². The normalized spacial score (nSPS) is 33.0. The molecule has 0 aromatic carbocycles. The molecular weight excluding hydrogens is 112 g/mol. The van der Waals surface area contributed by atoms with Crippen molar-refractivity contribution in [1.82, 2.24) is 5.12 Å². The third kappa shape index (κ3) is 1.15. The van der Waals surface area contributed by atoms with Gasteiger partial charge < -0.3 is 0 Å². The highest BCUT2D eigenvalue weighted by Gasteiger charge is 2.20. The molecule has 1 fully saturated rings. The zero-order valence-corrected chi connectivity index (χ0v) is 4.61. The van der Waals surface area contributed by atoms with Crippen LogP contribution in [0.1, 0.15) is 19.3 Å². The van der Waals surface area contributed by atoms with Gasteiger partial charge in [-0.05, 0) is 19.3 Å². The van der Waals surface area contributed by atoms with Gasteiger partial charge >= 0.3 is 0 Å². The number of nitrogens with zero attached hydrogens (tertiary/aromatic N) is 1. The van der Waals surface area contributed by atoms with Gasteiger partial charge in [-0.2, -0.15) is 0 Å². The van der Waals surface area contributed by atoms with Crippen LogP contribution in [0.15, 0.2) is 0 Å². The Morgan fingerprint density at radius 3 is 2.50 bits per heavy atom. The molecule has 1 saturated heterocycles. The molecule has 0 aromatic rings. The molecule has 0 aromatic heterocycles. The van der Waals surface area contributed by atoms with E-state index in [0.29, 0.717) is 6.42 Å². The summed E-state index contributed by atoms with van der Waals surface area (Å²) in [6.45, 7) is 0.265. The van der Waals surface area contributed by atoms with Crippen molar-refractivity contribution in [2.75, 3.05) is 6.54 Å². The van der Waals surface area contributed by atoms with E-state index in [-0.39, 0.29) is 11.7 Å². The molecule has 0 bridgehead atoms. The van der Waals surface area contributed by atoms with E-state index in [9.17, 15) is 8.87 Å². The van der Waals surface area contributed by atoms with Crippen LogP contribution in [-0.4, -0.2) is 18.0 Å². The molecule has 0 saturated carbocycles. The van der Waals surface area contributed by atoms with E-state index >= 15 is 0 Å². The number of alkyl halides is 1. The predicted octanol–water partition coefficient (Wildman–Crippen LogP) is 1.65. The Bertz CT molecular complexity index is 66.8. The van der Waals surface area contributed by atoms with Gasteiger partial charge in [-0.25, -0.2) is 4.39 Å². The monoisotopic (exact) mass is 121 g/mol. The molecule has 1 nitrogen and oxygen atoms in total. The lowest BCUT2D eigenvalue weighted by atomic mass is 10.1. The highest BCUT2D eigenvalue weighted by molar-refractivity contribution is 4.60. The van der Waals surface area contributed by atoms with Crippen LogP contribution in [0.3, 0.4) is 0 Å². The minimum atomic E-state index is -1.33. The Hall–Kier alpha value is -0.180. The summed E-state index contributed by atoms with van der Waals surface area (Å²) in [5, 5.41) is 0.267. The Labute approximate surface area is 47.2 Å². The first-order valence-electron chi connectivity index (χ1n) is 2.87. The summed E-state index contributed by atoms with van der Waals surface area (Å²) in [4.78, 5) is 0. The molecule has 0 amide bonds. The average molecular weight is 121 g/mol. The highest BCUT2D eigenvalue weighted by atomic mass is 19.2. The second kappa shape index (κ2) is 2.40. The van der Waals surface area contributed by atoms with Crippen LogP contribution < -0.4 is 0 Å². The number of piperidine rings is 1. The minimum absolute atomic E-state index is 0.265. The maximum absolute atomic E-state index is 12.1. The van der Waals surface area contributed by atoms with Crippen molar-refractivity contribution in [3.05, 3.63) is 0 Å². The first kappa shape index (κ1) is 5.95. The summed E-state index contributed by atoms with van der Waals surface area (Å²) in [6.07, 6.45) is 0.637. The van der Waals surface area contributed by atoms with Crippen LogP contribution in [-0.2, 0) is 0 Å². The van der Waals surface area contributed by atoms with Crippen LogP contribution in [0.2, 0.25) is 0 Å². The number of hydrogen-bond acceptors (Lipinski definition) is 1. The molecule has 8 heavy (non-hydrogen) atoms. The largest absolute Gasteiger partial charge is 0.228 e. The molecular formula is C5H9F2N. The summed E-state index contributed by atoms with van der Waals surface area (Å²) in [5.41, 5.74) is 0. The minimum Gasteiger partial charge on any atom is -0.228 e. The predicted molar refractivity (Wildman–Crippen MR) is 26.6 cm³/mol. The van der Waals surface area contributed by atoms with Crippen molar-refractivity contribution in [3.63, 3.8) is 0 Å². The molecule has 1 aliphatic heterocycles. The van der Waals surface area contributed by atoms with Gasteiger partial charge in [-0.1, -0.05) is 0 Å². The second-order valence-electron chi connectivity index (χ2n) is 2.05. The lowest BCUT2D eigenvalue weighted by molar-refractivity contribution is -0.100. The average Bonchev–Trinajstić information content (AvgIpc) is 1.77. The van der Waals surface area contributed by atoms with Gasteiger partial charge in [-0.3, -0.25) is 0 Å². The van der Waals surface area contributed by atoms with Crippen LogP contribution in [0, 0.1) is 0 Å². The SMILES string of the molecule is FC1CCCCN1F. The quantitative estimate of drug-likeness (QED) is 0.348. The van der Waals surface area contributed by atoms with Crippen molar-refractivity contribution in [3.8, 4) is 0 Å². The van der Waals surface area contributed by atoms with E-state index in [1.807, 2.05) is 0 Å². The Balaban J connectivity index is 2.28. The first-order valence-corrected chi connectivity index (χ1v) is 2.87. The van der Waals surface area contributed by atoms with Crippen molar-refractivity contribution in [2.45, 2.75) is 25.6 Å². The van der Waals surface area contributed by atoms with E-state index in [4.69, 9.17) is 0 Å². The van der Waals surface area contributed by atoms with Gasteiger partial charge in [0.25, 0.3) is 0 Å². The zero-order chi connectivity index (χ0) is 5.98. The van der Waals surface area contributed by atoms with Gasteiger partial charge in [-0.15, -0.1) is 9.60 Å². The smallest absolute Gasteiger partial charge is 0.180 e. The first-order chi connectivity index (χ1) is 3.80. The molecule has 0 aliphatic carbocycles. The summed E-state index contributed by atoms with van der Waals surface area (Å²) >= 11 is 0. The van der Waals surface area contributed by atoms with Crippen molar-refractivity contribution in [2.24, 2.45) is 0 Å². The highest BCUT2D eigenvalue weighted by Crippen LogP contribution is 2.17. The van der Waals surface area contributed by atoms with E-state index in [0.717, 1.165) is 12.8 Å². The lowest BCUT2D eigenvalue weighted by Crippen LogP contribution is -2.28. The topological polar surface area (TPSA) is 3.24 Å². The molecule has 0 spiro atoms. The summed E-state index contributed by atoms with van der Waals surface area (Å²) < 4.78 is 24.2. The fourth-order valence-electron chi connectivity index (χ4n) is 0.856. The molecule has 3 heteroatoms. The summed E-state index contributed by atoms with van der Waals surface area (Å²) in [5.74, 6) is 0. The molecule has 0 radical (unpaired) electrons. The van der Waals surface area contributed by atoms with Gasteiger partial charge in [0, 0.05) is 6.54 Å². The number of rotatable bonds is 0. The van der Waals surface area contributed by atoms with Crippen molar-refractivity contribution in [1.29, 1.82) is 0 Å². The van der Waals surface area contributed by atoms with Gasteiger partial charge in [0.05, 0.1) is 0 Å². The summed E-state index contributed by atoms with van der Waals surface area (Å²) in [7, 11) is 0. The van der Waals surface area contributed by atoms with Crippen LogP contribution in [0.4, 0.5) is 8.87 Å². The Morgan fingerprint density at radius 1 is 1.38 bits per heavy atom.